The molecule has 0 saturated heterocycles. The number of hydrogen-bond donors (Lipinski definition) is 4. The van der Waals surface area contributed by atoms with E-state index in [0.717, 1.165) is 12.8 Å². The van der Waals surface area contributed by atoms with Crippen LogP contribution in [0.3, 0.4) is 0 Å². The quantitative estimate of drug-likeness (QED) is 0.322. The van der Waals surface area contributed by atoms with Gasteiger partial charge in [0.2, 0.25) is 7.37 Å². The van der Waals surface area contributed by atoms with Crippen LogP contribution in [0.15, 0.2) is 24.3 Å². The number of carbonyl (C=O) groups is 2. The van der Waals surface area contributed by atoms with Crippen LogP contribution in [0.1, 0.15) is 50.7 Å². The minimum absolute atomic E-state index is 0.160. The molecule has 0 aliphatic carbocycles. The lowest BCUT2D eigenvalue weighted by Gasteiger charge is -2.25. The van der Waals surface area contributed by atoms with Gasteiger partial charge in [0.1, 0.15) is 0 Å². The van der Waals surface area contributed by atoms with Gasteiger partial charge in [-0.1, -0.05) is 51.5 Å². The Labute approximate surface area is 165 Å². The van der Waals surface area contributed by atoms with Crippen molar-refractivity contribution in [2.45, 2.75) is 51.9 Å². The molecule has 9 heteroatoms. The highest BCUT2D eigenvalue weighted by molar-refractivity contribution is 7.58. The third kappa shape index (κ3) is 7.62. The molecule has 0 radical (unpaired) electrons. The Balaban J connectivity index is 2.86. The van der Waals surface area contributed by atoms with Gasteiger partial charge in [0, 0.05) is 12.7 Å². The van der Waals surface area contributed by atoms with Crippen LogP contribution < -0.4 is 11.1 Å². The Hall–Kier alpha value is -1.89. The summed E-state index contributed by atoms with van der Waals surface area (Å²) < 4.78 is 17.6. The molecule has 158 valence electrons. The van der Waals surface area contributed by atoms with E-state index in [0.29, 0.717) is 17.7 Å². The Morgan fingerprint density at radius 2 is 2.00 bits per heavy atom. The highest BCUT2D eigenvalue weighted by Crippen LogP contribution is 2.50. The van der Waals surface area contributed by atoms with Crippen molar-refractivity contribution in [3.8, 4) is 0 Å². The number of alkyl carbamates (subject to hydrolysis) is 1. The number of ether oxygens (including phenoxy) is 1. The van der Waals surface area contributed by atoms with Gasteiger partial charge in [-0.15, -0.1) is 0 Å². The second-order valence-corrected chi connectivity index (χ2v) is 9.62. The SMILES string of the molecule is CCCCOC(=O)NCc1cccc(C(CP(=O)(O)C(N)C(C)C)C(=O)O)c1. The zero-order valence-electron chi connectivity index (χ0n) is 16.6. The van der Waals surface area contributed by atoms with Crippen molar-refractivity contribution >= 4 is 19.4 Å². The molecule has 1 rings (SSSR count). The first-order chi connectivity index (χ1) is 13.1. The van der Waals surface area contributed by atoms with Crippen LogP contribution in [0.2, 0.25) is 0 Å². The molecule has 28 heavy (non-hydrogen) atoms. The van der Waals surface area contributed by atoms with Crippen molar-refractivity contribution in [2.75, 3.05) is 12.8 Å². The summed E-state index contributed by atoms with van der Waals surface area (Å²) in [5.41, 5.74) is 6.86. The molecule has 0 aromatic heterocycles. The molecule has 0 bridgehead atoms. The highest BCUT2D eigenvalue weighted by Gasteiger charge is 2.36. The van der Waals surface area contributed by atoms with Gasteiger partial charge >= 0.3 is 12.1 Å². The summed E-state index contributed by atoms with van der Waals surface area (Å²) in [6.45, 7) is 5.92. The van der Waals surface area contributed by atoms with Crippen LogP contribution in [0.5, 0.6) is 0 Å². The number of hydrogen-bond acceptors (Lipinski definition) is 5. The van der Waals surface area contributed by atoms with E-state index in [9.17, 15) is 24.2 Å². The normalized spacial score (nSPS) is 15.5. The summed E-state index contributed by atoms with van der Waals surface area (Å²) in [7, 11) is -3.87. The lowest BCUT2D eigenvalue weighted by Crippen LogP contribution is -2.30. The topological polar surface area (TPSA) is 139 Å². The van der Waals surface area contributed by atoms with E-state index >= 15 is 0 Å². The molecule has 0 aliphatic rings. The number of unbranched alkanes of at least 4 members (excludes halogenated alkanes) is 1. The molecule has 0 fully saturated rings. The number of carboxylic acid groups (broad SMARTS) is 1. The van der Waals surface area contributed by atoms with E-state index in [-0.39, 0.29) is 12.5 Å². The molecule has 3 unspecified atom stereocenters. The van der Waals surface area contributed by atoms with Gasteiger partial charge in [0.05, 0.1) is 18.3 Å². The summed E-state index contributed by atoms with van der Waals surface area (Å²) in [5.74, 6) is -3.61. The smallest absolute Gasteiger partial charge is 0.407 e. The molecule has 0 heterocycles. The molecular formula is C19H31N2O6P. The minimum atomic E-state index is -3.87. The molecule has 8 nitrogen and oxygen atoms in total. The van der Waals surface area contributed by atoms with Crippen LogP contribution in [-0.2, 0) is 20.6 Å². The predicted molar refractivity (Wildman–Crippen MR) is 107 cm³/mol. The second-order valence-electron chi connectivity index (χ2n) is 7.15. The number of benzene rings is 1. The predicted octanol–water partition coefficient (Wildman–Crippen LogP) is 3.09. The van der Waals surface area contributed by atoms with E-state index in [1.165, 1.54) is 0 Å². The number of amides is 1. The molecule has 1 aromatic rings. The first-order valence-electron chi connectivity index (χ1n) is 9.37. The van der Waals surface area contributed by atoms with Gasteiger partial charge in [0.15, 0.2) is 0 Å². The number of nitrogens with two attached hydrogens (primary N) is 1. The third-order valence-electron chi connectivity index (χ3n) is 4.41. The van der Waals surface area contributed by atoms with Crippen molar-refractivity contribution in [1.29, 1.82) is 0 Å². The molecule has 3 atom stereocenters. The zero-order valence-corrected chi connectivity index (χ0v) is 17.5. The van der Waals surface area contributed by atoms with Crippen LogP contribution in [0, 0.1) is 5.92 Å². The molecule has 5 N–H and O–H groups in total. The molecular weight excluding hydrogens is 383 g/mol. The van der Waals surface area contributed by atoms with E-state index < -0.39 is 37.3 Å². The number of nitrogens with one attached hydrogen (secondary N) is 1. The number of carbonyl (C=O) groups excluding carboxylic acids is 1. The van der Waals surface area contributed by atoms with Gasteiger partial charge in [-0.25, -0.2) is 4.79 Å². The first kappa shape index (κ1) is 24.1. The molecule has 0 spiro atoms. The van der Waals surface area contributed by atoms with Crippen molar-refractivity contribution in [2.24, 2.45) is 11.7 Å². The molecule has 1 aromatic carbocycles. The van der Waals surface area contributed by atoms with Gasteiger partial charge in [0.25, 0.3) is 0 Å². The average molecular weight is 414 g/mol. The molecule has 0 saturated carbocycles. The van der Waals surface area contributed by atoms with Crippen molar-refractivity contribution < 1.29 is 28.9 Å². The maximum atomic E-state index is 12.6. The van der Waals surface area contributed by atoms with Crippen LogP contribution in [-0.4, -0.2) is 40.6 Å². The van der Waals surface area contributed by atoms with Gasteiger partial charge in [-0.2, -0.15) is 0 Å². The molecule has 0 aliphatic heterocycles. The Kier molecular flexibility index (Phi) is 9.65. The fourth-order valence-electron chi connectivity index (χ4n) is 2.63. The van der Waals surface area contributed by atoms with Crippen molar-refractivity contribution in [3.63, 3.8) is 0 Å². The summed E-state index contributed by atoms with van der Waals surface area (Å²) in [6, 6.07) is 6.57. The number of aliphatic carboxylic acids is 1. The Bertz CT molecular complexity index is 709. The Morgan fingerprint density at radius 1 is 1.32 bits per heavy atom. The van der Waals surface area contributed by atoms with Gasteiger partial charge < -0.3 is 25.8 Å². The van der Waals surface area contributed by atoms with E-state index in [1.54, 1.807) is 38.1 Å². The maximum Gasteiger partial charge on any atom is 0.407 e. The first-order valence-corrected chi connectivity index (χ1v) is 11.3. The fourth-order valence-corrected chi connectivity index (χ4v) is 4.69. The van der Waals surface area contributed by atoms with Crippen molar-refractivity contribution in [1.82, 2.24) is 5.32 Å². The van der Waals surface area contributed by atoms with Gasteiger partial charge in [-0.05, 0) is 23.5 Å². The monoisotopic (exact) mass is 414 g/mol. The minimum Gasteiger partial charge on any atom is -0.481 e. The van der Waals surface area contributed by atoms with Crippen LogP contribution >= 0.6 is 7.37 Å². The maximum absolute atomic E-state index is 12.6. The fraction of sp³-hybridized carbons (Fsp3) is 0.579. The third-order valence-corrected chi connectivity index (χ3v) is 6.83. The summed E-state index contributed by atoms with van der Waals surface area (Å²) >= 11 is 0. The number of rotatable bonds is 11. The zero-order chi connectivity index (χ0) is 21.3. The van der Waals surface area contributed by atoms with Crippen LogP contribution in [0.4, 0.5) is 4.79 Å². The highest BCUT2D eigenvalue weighted by atomic mass is 31.2. The average Bonchev–Trinajstić information content (AvgIpc) is 2.64. The summed E-state index contributed by atoms with van der Waals surface area (Å²) in [4.78, 5) is 33.6. The molecule has 1 amide bonds. The van der Waals surface area contributed by atoms with Crippen molar-refractivity contribution in [3.05, 3.63) is 35.4 Å². The number of carboxylic acids is 1. The van der Waals surface area contributed by atoms with E-state index in [1.807, 2.05) is 6.92 Å². The summed E-state index contributed by atoms with van der Waals surface area (Å²) in [5, 5.41) is 12.2. The van der Waals surface area contributed by atoms with Gasteiger partial charge in [-0.3, -0.25) is 9.36 Å². The lowest BCUT2D eigenvalue weighted by molar-refractivity contribution is -0.138. The van der Waals surface area contributed by atoms with E-state index in [4.69, 9.17) is 10.5 Å². The second kappa shape index (κ2) is 11.2. The van der Waals surface area contributed by atoms with Crippen LogP contribution in [0.25, 0.3) is 0 Å². The lowest BCUT2D eigenvalue weighted by atomic mass is 9.99. The standard InChI is InChI=1S/C19H31N2O6P/c1-4-5-9-27-19(24)21-11-14-7-6-8-15(10-14)16(18(22)23)12-28(25,26)17(20)13(2)3/h6-8,10,13,16-17H,4-5,9,11-12,20H2,1-3H3,(H,21,24)(H,22,23)(H,25,26). The largest absolute Gasteiger partial charge is 0.481 e. The summed E-state index contributed by atoms with van der Waals surface area (Å²) in [6.07, 6.45) is 0.707. The Morgan fingerprint density at radius 3 is 2.57 bits per heavy atom. The van der Waals surface area contributed by atoms with E-state index in [2.05, 4.69) is 5.32 Å².